The molecule has 1 aromatic carbocycles. The maximum atomic E-state index is 12.5. The molecule has 0 bridgehead atoms. The number of esters is 1. The van der Waals surface area contributed by atoms with Crippen LogP contribution in [-0.4, -0.2) is 189 Å². The van der Waals surface area contributed by atoms with E-state index in [9.17, 15) is 55.9 Å². The van der Waals surface area contributed by atoms with Crippen LogP contribution in [0.5, 0.6) is 11.5 Å². The summed E-state index contributed by atoms with van der Waals surface area (Å²) in [4.78, 5) is 12.5. The Bertz CT molecular complexity index is 1300. The van der Waals surface area contributed by atoms with Gasteiger partial charge in [-0.1, -0.05) is 6.07 Å². The second kappa shape index (κ2) is 16.8. The van der Waals surface area contributed by atoms with E-state index in [0.717, 1.165) is 6.08 Å². The number of aromatic hydroxyl groups is 1. The molecule has 0 spiro atoms. The molecule has 4 heterocycles. The van der Waals surface area contributed by atoms with Crippen LogP contribution in [0.2, 0.25) is 0 Å². The number of carbonyl (C=O) groups is 1. The van der Waals surface area contributed by atoms with Crippen molar-refractivity contribution in [3.63, 3.8) is 0 Å². The summed E-state index contributed by atoms with van der Waals surface area (Å²) in [6.07, 6.45) is -23.1. The Morgan fingerprint density at radius 2 is 1.44 bits per heavy atom. The SMILES string of the molecule is COc1cc(/C=C/C(=O)OC[C@@H]2O[C@@H](O[C@@H]3[C@@H](O)[C@H](O[C@@H]4CO[C@H](O)[C@H](O)[C@H]4O)OC[C@H]3O)[C@H](O[C@@H]3OC[C@@H](O)[C@H](O)[C@H]3O)[C@H]2O)ccc1O. The third kappa shape index (κ3) is 8.70. The number of hydrogen-bond donors (Lipinski definition) is 10. The number of aliphatic hydroxyl groups is 9. The van der Waals surface area contributed by atoms with Gasteiger partial charge in [-0.25, -0.2) is 4.79 Å². The Morgan fingerprint density at radius 1 is 0.760 bits per heavy atom. The average molecular weight is 723 g/mol. The second-order valence-corrected chi connectivity index (χ2v) is 12.0. The fourth-order valence-corrected chi connectivity index (χ4v) is 5.61. The van der Waals surface area contributed by atoms with E-state index >= 15 is 0 Å². The van der Waals surface area contributed by atoms with E-state index in [1.165, 1.54) is 31.4 Å². The van der Waals surface area contributed by atoms with Gasteiger partial charge in [0.25, 0.3) is 0 Å². The monoisotopic (exact) mass is 722 g/mol. The molecular formula is C30H42O20. The molecule has 0 amide bonds. The van der Waals surface area contributed by atoms with Crippen molar-refractivity contribution < 1.29 is 98.5 Å². The van der Waals surface area contributed by atoms with E-state index in [2.05, 4.69) is 0 Å². The van der Waals surface area contributed by atoms with Gasteiger partial charge >= 0.3 is 5.97 Å². The summed E-state index contributed by atoms with van der Waals surface area (Å²) in [5.74, 6) is -0.794. The quantitative estimate of drug-likeness (QED) is 0.0754. The summed E-state index contributed by atoms with van der Waals surface area (Å²) in [6.45, 7) is -1.89. The van der Waals surface area contributed by atoms with Gasteiger partial charge in [-0.05, 0) is 23.8 Å². The number of carbonyl (C=O) groups excluding carboxylic acids is 1. The highest BCUT2D eigenvalue weighted by Crippen LogP contribution is 2.33. The highest BCUT2D eigenvalue weighted by atomic mass is 16.8. The second-order valence-electron chi connectivity index (χ2n) is 12.0. The van der Waals surface area contributed by atoms with Gasteiger partial charge < -0.3 is 93.7 Å². The van der Waals surface area contributed by atoms with Crippen LogP contribution in [0, 0.1) is 0 Å². The van der Waals surface area contributed by atoms with Crippen LogP contribution in [-0.2, 0) is 42.7 Å². The van der Waals surface area contributed by atoms with E-state index in [4.69, 9.17) is 42.6 Å². The average Bonchev–Trinajstić information content (AvgIpc) is 3.39. The lowest BCUT2D eigenvalue weighted by Gasteiger charge is -2.42. The van der Waals surface area contributed by atoms with Crippen molar-refractivity contribution >= 4 is 12.0 Å². The number of benzene rings is 1. The van der Waals surface area contributed by atoms with Crippen molar-refractivity contribution in [1.29, 1.82) is 0 Å². The zero-order chi connectivity index (χ0) is 36.3. The van der Waals surface area contributed by atoms with Crippen LogP contribution in [0.4, 0.5) is 0 Å². The molecule has 20 nitrogen and oxygen atoms in total. The summed E-state index contributed by atoms with van der Waals surface area (Å²) >= 11 is 0. The Balaban J connectivity index is 1.27. The highest BCUT2D eigenvalue weighted by Gasteiger charge is 2.53. The standard InChI is InChI=1S/C30H42O20/c1-42-15-6-11(2-4-12(15)31)3-5-18(34)43-9-17-21(37)26(50-28-23(39)19(35)13(32)7-45-28)30(48-17)49-25-14(33)8-46-29(24(25)40)47-16-10-44-27(41)22(38)20(16)36/h2-6,13-14,16-17,19-33,35-41H,7-10H2,1H3/b5-3+/t13-,14-,16-,17+,19+,20+,21+,22-,23-,24-,25+,26-,27+,28+,29+,30+/m1/s1. The molecular weight excluding hydrogens is 680 g/mol. The molecule has 4 saturated heterocycles. The fourth-order valence-electron chi connectivity index (χ4n) is 5.61. The molecule has 1 aromatic rings. The van der Waals surface area contributed by atoms with Gasteiger partial charge in [-0.2, -0.15) is 0 Å². The lowest BCUT2D eigenvalue weighted by molar-refractivity contribution is -0.346. The predicted octanol–water partition coefficient (Wildman–Crippen LogP) is -5.21. The number of aliphatic hydroxyl groups excluding tert-OH is 9. The zero-order valence-corrected chi connectivity index (χ0v) is 26.5. The van der Waals surface area contributed by atoms with E-state index in [-0.39, 0.29) is 11.5 Å². The lowest BCUT2D eigenvalue weighted by atomic mass is 10.0. The first-order valence-electron chi connectivity index (χ1n) is 15.6. The van der Waals surface area contributed by atoms with Gasteiger partial charge in [0, 0.05) is 6.08 Å². The van der Waals surface area contributed by atoms with Crippen molar-refractivity contribution in [2.75, 3.05) is 33.5 Å². The van der Waals surface area contributed by atoms with Gasteiger partial charge in [0.15, 0.2) is 36.7 Å². The minimum atomic E-state index is -1.80. The van der Waals surface area contributed by atoms with Gasteiger partial charge in [0.2, 0.25) is 0 Å². The molecule has 5 rings (SSSR count). The van der Waals surface area contributed by atoms with Gasteiger partial charge in [0.05, 0.1) is 26.9 Å². The molecule has 0 saturated carbocycles. The zero-order valence-electron chi connectivity index (χ0n) is 26.5. The molecule has 4 aliphatic rings. The van der Waals surface area contributed by atoms with Gasteiger partial charge in [0.1, 0.15) is 79.9 Å². The predicted molar refractivity (Wildman–Crippen MR) is 157 cm³/mol. The third-order valence-corrected chi connectivity index (χ3v) is 8.53. The molecule has 0 unspecified atom stereocenters. The molecule has 10 N–H and O–H groups in total. The molecule has 4 fully saturated rings. The largest absolute Gasteiger partial charge is 0.504 e. The first-order chi connectivity index (χ1) is 23.8. The van der Waals surface area contributed by atoms with Crippen LogP contribution < -0.4 is 4.74 Å². The molecule has 20 heteroatoms. The van der Waals surface area contributed by atoms with Crippen molar-refractivity contribution in [3.05, 3.63) is 29.8 Å². The van der Waals surface area contributed by atoms with Gasteiger partial charge in [-0.15, -0.1) is 0 Å². The van der Waals surface area contributed by atoms with Crippen LogP contribution in [0.3, 0.4) is 0 Å². The van der Waals surface area contributed by atoms with Crippen LogP contribution in [0.1, 0.15) is 5.56 Å². The van der Waals surface area contributed by atoms with E-state index in [1.54, 1.807) is 0 Å². The first kappa shape index (κ1) is 38.6. The minimum Gasteiger partial charge on any atom is -0.504 e. The molecule has 16 atom stereocenters. The number of phenols is 1. The summed E-state index contributed by atoms with van der Waals surface area (Å²) in [5, 5.41) is 103. The van der Waals surface area contributed by atoms with E-state index in [1.807, 2.05) is 0 Å². The molecule has 0 radical (unpaired) electrons. The van der Waals surface area contributed by atoms with Crippen molar-refractivity contribution in [3.8, 4) is 11.5 Å². The van der Waals surface area contributed by atoms with Crippen molar-refractivity contribution in [2.45, 2.75) is 98.4 Å². The summed E-state index contributed by atoms with van der Waals surface area (Å²) in [7, 11) is 1.36. The fraction of sp³-hybridized carbons (Fsp3) is 0.700. The summed E-state index contributed by atoms with van der Waals surface area (Å²) < 4.78 is 48.8. The Labute approximate surface area is 284 Å². The molecule has 50 heavy (non-hydrogen) atoms. The smallest absolute Gasteiger partial charge is 0.330 e. The highest BCUT2D eigenvalue weighted by molar-refractivity contribution is 5.87. The molecule has 0 aliphatic carbocycles. The van der Waals surface area contributed by atoms with Gasteiger partial charge in [-0.3, -0.25) is 0 Å². The van der Waals surface area contributed by atoms with Crippen molar-refractivity contribution in [2.24, 2.45) is 0 Å². The van der Waals surface area contributed by atoms with E-state index < -0.39 is 131 Å². The number of ether oxygens (including phenoxy) is 9. The Hall–Kier alpha value is -2.61. The topological polar surface area (TPSA) is 302 Å². The van der Waals surface area contributed by atoms with Crippen LogP contribution >= 0.6 is 0 Å². The summed E-state index contributed by atoms with van der Waals surface area (Å²) in [6, 6.07) is 4.35. The number of rotatable bonds is 11. The third-order valence-electron chi connectivity index (χ3n) is 8.53. The number of hydrogen-bond acceptors (Lipinski definition) is 20. The molecule has 0 aromatic heterocycles. The van der Waals surface area contributed by atoms with Crippen molar-refractivity contribution in [1.82, 2.24) is 0 Å². The van der Waals surface area contributed by atoms with Crippen LogP contribution in [0.25, 0.3) is 6.08 Å². The molecule has 282 valence electrons. The van der Waals surface area contributed by atoms with E-state index in [0.29, 0.717) is 5.56 Å². The molecule has 4 aliphatic heterocycles. The minimum absolute atomic E-state index is 0.105. The lowest BCUT2D eigenvalue weighted by Crippen LogP contribution is -2.60. The Morgan fingerprint density at radius 3 is 2.16 bits per heavy atom. The van der Waals surface area contributed by atoms with Crippen LogP contribution in [0.15, 0.2) is 24.3 Å². The Kier molecular flexibility index (Phi) is 13.0. The normalized spacial score (nSPS) is 42.4. The maximum absolute atomic E-state index is 12.5. The first-order valence-corrected chi connectivity index (χ1v) is 15.6. The maximum Gasteiger partial charge on any atom is 0.330 e. The number of phenolic OH excluding ortho intramolecular Hbond substituents is 1. The number of methoxy groups -OCH3 is 1. The summed E-state index contributed by atoms with van der Waals surface area (Å²) in [5.41, 5.74) is 0.490.